The van der Waals surface area contributed by atoms with Crippen molar-refractivity contribution in [1.82, 2.24) is 0 Å². The molecule has 1 aliphatic rings. The number of hydrogen-bond acceptors (Lipinski definition) is 5. The third-order valence-corrected chi connectivity index (χ3v) is 6.70. The summed E-state index contributed by atoms with van der Waals surface area (Å²) in [4.78, 5) is 24.9. The van der Waals surface area contributed by atoms with E-state index in [1.165, 1.54) is 17.7 Å². The SMILES string of the molecule is CCOC(=O)CC1CCCc2cc(OCc3cccc(C(=O)Nc4ccc(OC(F)(F)F)cc4)c3C)ccc21. The van der Waals surface area contributed by atoms with Crippen molar-refractivity contribution in [3.63, 3.8) is 0 Å². The number of rotatable bonds is 9. The zero-order valence-corrected chi connectivity index (χ0v) is 21.8. The number of fused-ring (bicyclic) bond motifs is 1. The number of hydrogen-bond donors (Lipinski definition) is 1. The van der Waals surface area contributed by atoms with Gasteiger partial charge in [-0.15, -0.1) is 13.2 Å². The molecule has 0 saturated heterocycles. The van der Waals surface area contributed by atoms with Crippen LogP contribution in [-0.4, -0.2) is 24.8 Å². The Hall–Kier alpha value is -4.01. The summed E-state index contributed by atoms with van der Waals surface area (Å²) in [6, 6.07) is 16.2. The lowest BCUT2D eigenvalue weighted by molar-refractivity contribution is -0.274. The average molecular weight is 542 g/mol. The van der Waals surface area contributed by atoms with Crippen molar-refractivity contribution in [2.45, 2.75) is 58.4 Å². The summed E-state index contributed by atoms with van der Waals surface area (Å²) >= 11 is 0. The average Bonchev–Trinajstić information content (AvgIpc) is 2.88. The Balaban J connectivity index is 1.40. The molecule has 3 aromatic rings. The maximum Gasteiger partial charge on any atom is 0.573 e. The maximum absolute atomic E-state index is 12.9. The van der Waals surface area contributed by atoms with Gasteiger partial charge in [0.1, 0.15) is 18.1 Å². The smallest absolute Gasteiger partial charge is 0.489 e. The van der Waals surface area contributed by atoms with Gasteiger partial charge < -0.3 is 19.5 Å². The monoisotopic (exact) mass is 541 g/mol. The van der Waals surface area contributed by atoms with E-state index in [0.717, 1.165) is 48.1 Å². The van der Waals surface area contributed by atoms with Crippen LogP contribution in [0.15, 0.2) is 60.7 Å². The van der Waals surface area contributed by atoms with E-state index in [0.29, 0.717) is 30.0 Å². The second-order valence-electron chi connectivity index (χ2n) is 9.36. The number of anilines is 1. The number of alkyl halides is 3. The van der Waals surface area contributed by atoms with E-state index in [-0.39, 0.29) is 30.2 Å². The van der Waals surface area contributed by atoms with Crippen molar-refractivity contribution in [3.8, 4) is 11.5 Å². The Morgan fingerprint density at radius 2 is 1.77 bits per heavy atom. The summed E-state index contributed by atoms with van der Waals surface area (Å²) < 4.78 is 52.2. The second kappa shape index (κ2) is 12.2. The molecule has 6 nitrogen and oxygen atoms in total. The van der Waals surface area contributed by atoms with Crippen molar-refractivity contribution in [2.75, 3.05) is 11.9 Å². The molecule has 1 amide bonds. The van der Waals surface area contributed by atoms with Crippen LogP contribution < -0.4 is 14.8 Å². The highest BCUT2D eigenvalue weighted by Crippen LogP contribution is 2.36. The molecule has 1 N–H and O–H groups in total. The fourth-order valence-corrected chi connectivity index (χ4v) is 4.80. The van der Waals surface area contributed by atoms with Gasteiger partial charge in [0.2, 0.25) is 0 Å². The van der Waals surface area contributed by atoms with Crippen LogP contribution in [0, 0.1) is 6.92 Å². The lowest BCUT2D eigenvalue weighted by Crippen LogP contribution is -2.17. The minimum atomic E-state index is -4.78. The number of amides is 1. The molecular weight excluding hydrogens is 511 g/mol. The molecule has 0 bridgehead atoms. The van der Waals surface area contributed by atoms with Gasteiger partial charge in [0.05, 0.1) is 13.0 Å². The molecule has 1 atom stereocenters. The Bertz CT molecular complexity index is 1320. The predicted molar refractivity (Wildman–Crippen MR) is 140 cm³/mol. The highest BCUT2D eigenvalue weighted by Gasteiger charge is 2.31. The Morgan fingerprint density at radius 3 is 2.49 bits per heavy atom. The van der Waals surface area contributed by atoms with Gasteiger partial charge in [0.15, 0.2) is 0 Å². The molecule has 0 spiro atoms. The molecule has 0 heterocycles. The van der Waals surface area contributed by atoms with Gasteiger partial charge in [-0.1, -0.05) is 18.2 Å². The molecule has 0 saturated carbocycles. The number of carbonyl (C=O) groups is 2. The zero-order valence-electron chi connectivity index (χ0n) is 21.8. The van der Waals surface area contributed by atoms with Gasteiger partial charge in [-0.3, -0.25) is 9.59 Å². The number of esters is 1. The van der Waals surface area contributed by atoms with Crippen LogP contribution in [0.3, 0.4) is 0 Å². The number of benzene rings is 3. The number of ether oxygens (including phenoxy) is 3. The molecule has 4 rings (SSSR count). The van der Waals surface area contributed by atoms with E-state index in [2.05, 4.69) is 10.1 Å². The van der Waals surface area contributed by atoms with Gasteiger partial charge in [-0.25, -0.2) is 0 Å². The van der Waals surface area contributed by atoms with E-state index < -0.39 is 6.36 Å². The zero-order chi connectivity index (χ0) is 28.0. The van der Waals surface area contributed by atoms with Crippen molar-refractivity contribution < 1.29 is 37.0 Å². The molecule has 206 valence electrons. The molecule has 3 aromatic carbocycles. The molecule has 0 fully saturated rings. The van der Waals surface area contributed by atoms with Crippen molar-refractivity contribution >= 4 is 17.6 Å². The third kappa shape index (κ3) is 7.52. The van der Waals surface area contributed by atoms with Crippen LogP contribution in [-0.2, 0) is 22.6 Å². The van der Waals surface area contributed by atoms with Crippen LogP contribution >= 0.6 is 0 Å². The lowest BCUT2D eigenvalue weighted by Gasteiger charge is -2.25. The molecular formula is C30H30F3NO5. The van der Waals surface area contributed by atoms with Crippen LogP contribution in [0.1, 0.15) is 64.7 Å². The summed E-state index contributed by atoms with van der Waals surface area (Å²) in [5, 5.41) is 2.70. The van der Waals surface area contributed by atoms with E-state index in [4.69, 9.17) is 9.47 Å². The number of halogens is 3. The minimum absolute atomic E-state index is 0.146. The summed E-state index contributed by atoms with van der Waals surface area (Å²) in [7, 11) is 0. The van der Waals surface area contributed by atoms with Crippen molar-refractivity contribution in [3.05, 3.63) is 88.5 Å². The highest BCUT2D eigenvalue weighted by molar-refractivity contribution is 6.05. The fraction of sp³-hybridized carbons (Fsp3) is 0.333. The summed E-state index contributed by atoms with van der Waals surface area (Å²) in [5.74, 6) is -0.0797. The van der Waals surface area contributed by atoms with E-state index in [1.807, 2.05) is 31.2 Å². The van der Waals surface area contributed by atoms with Gasteiger partial charge in [-0.05, 0) is 104 Å². The molecule has 1 unspecified atom stereocenters. The molecule has 9 heteroatoms. The van der Waals surface area contributed by atoms with Gasteiger partial charge >= 0.3 is 12.3 Å². The van der Waals surface area contributed by atoms with Crippen LogP contribution in [0.5, 0.6) is 11.5 Å². The van der Waals surface area contributed by atoms with Gasteiger partial charge in [-0.2, -0.15) is 0 Å². The lowest BCUT2D eigenvalue weighted by atomic mass is 9.81. The summed E-state index contributed by atoms with van der Waals surface area (Å²) in [6.45, 7) is 4.25. The quantitative estimate of drug-likeness (QED) is 0.293. The summed E-state index contributed by atoms with van der Waals surface area (Å²) in [5.41, 5.74) is 4.66. The van der Waals surface area contributed by atoms with E-state index >= 15 is 0 Å². The topological polar surface area (TPSA) is 73.9 Å². The summed E-state index contributed by atoms with van der Waals surface area (Å²) in [6.07, 6.45) is -1.54. The first-order valence-corrected chi connectivity index (χ1v) is 12.8. The van der Waals surface area contributed by atoms with Crippen molar-refractivity contribution in [2.24, 2.45) is 0 Å². The number of aryl methyl sites for hydroxylation is 1. The van der Waals surface area contributed by atoms with Crippen LogP contribution in [0.25, 0.3) is 0 Å². The third-order valence-electron chi connectivity index (χ3n) is 6.70. The van der Waals surface area contributed by atoms with Crippen molar-refractivity contribution in [1.29, 1.82) is 0 Å². The Labute approximate surface area is 225 Å². The minimum Gasteiger partial charge on any atom is -0.489 e. The second-order valence-corrected chi connectivity index (χ2v) is 9.36. The molecule has 0 radical (unpaired) electrons. The standard InChI is InChI=1S/C30H30F3NO5/c1-3-37-28(35)17-21-7-4-6-20-16-25(14-15-27(20)21)38-18-22-8-5-9-26(19(22)2)29(36)34-23-10-12-24(13-11-23)39-30(31,32)33/h5,8-16,21H,3-4,6-7,17-18H2,1-2H3,(H,34,36). The van der Waals surface area contributed by atoms with Crippen LogP contribution in [0.4, 0.5) is 18.9 Å². The molecule has 1 aliphatic carbocycles. The number of carbonyl (C=O) groups excluding carboxylic acids is 2. The fourth-order valence-electron chi connectivity index (χ4n) is 4.80. The normalized spacial score (nSPS) is 14.7. The largest absolute Gasteiger partial charge is 0.573 e. The molecule has 0 aromatic heterocycles. The van der Waals surface area contributed by atoms with Gasteiger partial charge in [0, 0.05) is 11.3 Å². The number of nitrogens with one attached hydrogen (secondary N) is 1. The predicted octanol–water partition coefficient (Wildman–Crippen LogP) is 7.10. The van der Waals surface area contributed by atoms with E-state index in [1.54, 1.807) is 19.1 Å². The Morgan fingerprint density at radius 1 is 1.03 bits per heavy atom. The first-order chi connectivity index (χ1) is 18.6. The Kier molecular flexibility index (Phi) is 8.79. The molecule has 39 heavy (non-hydrogen) atoms. The highest BCUT2D eigenvalue weighted by atomic mass is 19.4. The van der Waals surface area contributed by atoms with Gasteiger partial charge in [0.25, 0.3) is 5.91 Å². The van der Waals surface area contributed by atoms with E-state index in [9.17, 15) is 22.8 Å². The first-order valence-electron chi connectivity index (χ1n) is 12.8. The first kappa shape index (κ1) is 28.0. The van der Waals surface area contributed by atoms with Crippen LogP contribution in [0.2, 0.25) is 0 Å². The maximum atomic E-state index is 12.9. The molecule has 0 aliphatic heterocycles.